The number of carbonyl (C=O) groups excluding carboxylic acids is 1. The van der Waals surface area contributed by atoms with Crippen molar-refractivity contribution in [3.63, 3.8) is 0 Å². The summed E-state index contributed by atoms with van der Waals surface area (Å²) in [6.07, 6.45) is 6.20. The van der Waals surface area contributed by atoms with E-state index in [1.807, 2.05) is 38.4 Å². The largest absolute Gasteiger partial charge is 0.488 e. The van der Waals surface area contributed by atoms with Gasteiger partial charge in [0.1, 0.15) is 5.60 Å². The number of likely N-dealkylation sites (tertiary alicyclic amines) is 1. The van der Waals surface area contributed by atoms with Crippen molar-refractivity contribution in [3.05, 3.63) is 96.4 Å². The van der Waals surface area contributed by atoms with Crippen LogP contribution in [0.15, 0.2) is 85.2 Å². The zero-order chi connectivity index (χ0) is 42.6. The summed E-state index contributed by atoms with van der Waals surface area (Å²) in [5, 5.41) is 29.0. The minimum atomic E-state index is -2.85. The molecule has 0 bridgehead atoms. The molecule has 14 heteroatoms. The Kier molecular flexibility index (Phi) is 11.3. The third kappa shape index (κ3) is 7.93. The van der Waals surface area contributed by atoms with Crippen molar-refractivity contribution in [1.29, 1.82) is 0 Å². The highest BCUT2D eigenvalue weighted by molar-refractivity contribution is 6.99. The van der Waals surface area contributed by atoms with Crippen molar-refractivity contribution in [2.24, 2.45) is 0 Å². The van der Waals surface area contributed by atoms with Crippen LogP contribution in [0.3, 0.4) is 0 Å². The van der Waals surface area contributed by atoms with Gasteiger partial charge in [0, 0.05) is 11.6 Å². The van der Waals surface area contributed by atoms with Gasteiger partial charge in [0.05, 0.1) is 54.0 Å². The normalized spacial score (nSPS) is 20.7. The number of carbonyl (C=O) groups is 1. The van der Waals surface area contributed by atoms with Crippen molar-refractivity contribution in [3.8, 4) is 0 Å². The molecule has 2 saturated heterocycles. The van der Waals surface area contributed by atoms with E-state index >= 15 is 0 Å². The number of hydrogen-bond acceptors (Lipinski definition) is 10. The number of aromatic nitrogens is 4. The van der Waals surface area contributed by atoms with E-state index in [4.69, 9.17) is 18.9 Å². The van der Waals surface area contributed by atoms with E-state index in [1.54, 1.807) is 18.5 Å². The topological polar surface area (TPSA) is 135 Å². The zero-order valence-corrected chi connectivity index (χ0v) is 37.3. The highest BCUT2D eigenvalue weighted by Crippen LogP contribution is 2.43. The van der Waals surface area contributed by atoms with Crippen LogP contribution in [0.5, 0.6) is 0 Å². The molecule has 5 aromatic rings. The van der Waals surface area contributed by atoms with Gasteiger partial charge in [-0.3, -0.25) is 9.58 Å². The number of rotatable bonds is 10. The zero-order valence-electron chi connectivity index (χ0n) is 36.3. The van der Waals surface area contributed by atoms with Gasteiger partial charge in [-0.15, -0.1) is 0 Å². The molecule has 316 valence electrons. The number of anilines is 2. The molecule has 0 unspecified atom stereocenters. The van der Waals surface area contributed by atoms with Crippen LogP contribution in [0.25, 0.3) is 10.9 Å². The monoisotopic (exact) mass is 830 g/mol. The highest BCUT2D eigenvalue weighted by atomic mass is 28.4. The van der Waals surface area contributed by atoms with E-state index < -0.39 is 27.1 Å². The van der Waals surface area contributed by atoms with Crippen LogP contribution in [-0.2, 0) is 13.9 Å². The maximum atomic E-state index is 13.9. The third-order valence-electron chi connectivity index (χ3n) is 12.7. The first kappa shape index (κ1) is 42.3. The Labute approximate surface area is 355 Å². The van der Waals surface area contributed by atoms with Crippen LogP contribution in [0.2, 0.25) is 5.04 Å². The highest BCUT2D eigenvalue weighted by Gasteiger charge is 2.56. The van der Waals surface area contributed by atoms with Crippen molar-refractivity contribution in [2.45, 2.75) is 115 Å². The number of benzene rings is 3. The van der Waals surface area contributed by atoms with Gasteiger partial charge < -0.3 is 23.9 Å². The number of fused-ring (bicyclic) bond motifs is 1. The number of nitrogens with zero attached hydrogens (tertiary/aromatic N) is 6. The molecule has 1 amide bonds. The summed E-state index contributed by atoms with van der Waals surface area (Å²) in [5.41, 5.74) is 2.13. The van der Waals surface area contributed by atoms with Crippen molar-refractivity contribution >= 4 is 59.9 Å². The molecular formula is C46H59BN6O6Si. The first-order chi connectivity index (χ1) is 28.5. The minimum absolute atomic E-state index is 0.0313. The summed E-state index contributed by atoms with van der Waals surface area (Å²) < 4.78 is 21.8. The summed E-state index contributed by atoms with van der Waals surface area (Å²) in [6.45, 7) is 19.2. The Morgan fingerprint density at radius 1 is 0.933 bits per heavy atom. The van der Waals surface area contributed by atoms with Gasteiger partial charge in [0.15, 0.2) is 0 Å². The quantitative estimate of drug-likeness (QED) is 0.158. The van der Waals surface area contributed by atoms with E-state index in [9.17, 15) is 14.8 Å². The van der Waals surface area contributed by atoms with Gasteiger partial charge in [-0.2, -0.15) is 5.10 Å². The smallest absolute Gasteiger partial charge is 0.443 e. The minimum Gasteiger partial charge on any atom is -0.443 e. The molecule has 4 heterocycles. The number of hydrogen-bond donors (Lipinski definition) is 2. The summed E-state index contributed by atoms with van der Waals surface area (Å²) >= 11 is 0. The van der Waals surface area contributed by atoms with Crippen LogP contribution >= 0.6 is 0 Å². The molecule has 0 radical (unpaired) electrons. The fraction of sp³-hybridized carbons (Fsp3) is 0.478. The molecule has 1 saturated carbocycles. The third-order valence-corrected chi connectivity index (χ3v) is 17.8. The van der Waals surface area contributed by atoms with Crippen LogP contribution < -0.4 is 20.7 Å². The van der Waals surface area contributed by atoms with Crippen molar-refractivity contribution < 1.29 is 28.7 Å². The standard InChI is InChI=1S/C46H59BN6O6Si/c1-31-40(28-49-53(31)34-19-20-34)52(43(54)58-44(2,3)4)42-48-27-33-25-38(47(55)56)37(26-39(33)50-42)32-21-23-51(24-22-32)46(8)30-57-29-41(46)59-60(45(5,6)7,35-15-11-9-12-16-35)36-17-13-10-14-18-36/h9-18,25-28,32,34,41,55-56H,19-24,29-30H2,1-8H3/t41-,46+/m0/s1. The summed E-state index contributed by atoms with van der Waals surface area (Å²) in [5.74, 6) is 0.193. The number of ether oxygens (including phenoxy) is 2. The molecule has 0 spiro atoms. The molecule has 8 rings (SSSR count). The average molecular weight is 831 g/mol. The van der Waals surface area contributed by atoms with E-state index in [1.165, 1.54) is 15.3 Å². The van der Waals surface area contributed by atoms with Gasteiger partial charge in [0.2, 0.25) is 5.95 Å². The summed E-state index contributed by atoms with van der Waals surface area (Å²) in [4.78, 5) is 27.4. The van der Waals surface area contributed by atoms with Crippen molar-refractivity contribution in [2.75, 3.05) is 31.2 Å². The predicted octanol–water partition coefficient (Wildman–Crippen LogP) is 6.14. The molecule has 1 aliphatic carbocycles. The van der Waals surface area contributed by atoms with Crippen LogP contribution in [0.4, 0.5) is 16.4 Å². The Hall–Kier alpha value is -4.44. The van der Waals surface area contributed by atoms with Gasteiger partial charge in [-0.25, -0.2) is 19.7 Å². The Morgan fingerprint density at radius 3 is 2.13 bits per heavy atom. The Bertz CT molecular complexity index is 2280. The van der Waals surface area contributed by atoms with E-state index in [0.29, 0.717) is 41.3 Å². The van der Waals surface area contributed by atoms with Crippen LogP contribution in [0.1, 0.15) is 97.4 Å². The molecule has 3 aliphatic rings. The molecule has 60 heavy (non-hydrogen) atoms. The second-order valence-corrected chi connectivity index (χ2v) is 23.3. The lowest BCUT2D eigenvalue weighted by atomic mass is 9.71. The van der Waals surface area contributed by atoms with E-state index in [0.717, 1.165) is 50.0 Å². The lowest BCUT2D eigenvalue weighted by Crippen LogP contribution is -2.70. The predicted molar refractivity (Wildman–Crippen MR) is 238 cm³/mol. The fourth-order valence-electron chi connectivity index (χ4n) is 9.41. The summed E-state index contributed by atoms with van der Waals surface area (Å²) in [7, 11) is -4.53. The second-order valence-electron chi connectivity index (χ2n) is 19.1. The van der Waals surface area contributed by atoms with Crippen LogP contribution in [-0.4, -0.2) is 99.8 Å². The lowest BCUT2D eigenvalue weighted by molar-refractivity contribution is 0.00487. The molecule has 2 atom stereocenters. The maximum absolute atomic E-state index is 13.9. The SMILES string of the molecule is Cc1c(N(C(=O)OC(C)(C)C)c2ncc3cc(B(O)O)c(C4CCN([C@]5(C)COC[C@@H]5O[Si](c5ccccc5)(c5ccccc5)C(C)(C)C)CC4)cc3n2)cnn1C1CC1. The second kappa shape index (κ2) is 16.1. The van der Waals surface area contributed by atoms with E-state index in [-0.39, 0.29) is 28.5 Å². The fourth-order valence-corrected chi connectivity index (χ4v) is 14.2. The number of piperidine rings is 1. The van der Waals surface area contributed by atoms with E-state index in [2.05, 4.69) is 103 Å². The first-order valence-corrected chi connectivity index (χ1v) is 23.3. The molecule has 2 aliphatic heterocycles. The molecule has 12 nitrogen and oxygen atoms in total. The van der Waals surface area contributed by atoms with Gasteiger partial charge in [-0.1, -0.05) is 87.5 Å². The van der Waals surface area contributed by atoms with Gasteiger partial charge in [0.25, 0.3) is 8.32 Å². The van der Waals surface area contributed by atoms with Gasteiger partial charge in [-0.05, 0) is 112 Å². The number of amides is 1. The molecule has 3 fully saturated rings. The average Bonchev–Trinajstić information content (AvgIpc) is 3.89. The molecular weight excluding hydrogens is 771 g/mol. The Morgan fingerprint density at radius 2 is 1.57 bits per heavy atom. The van der Waals surface area contributed by atoms with Crippen molar-refractivity contribution in [1.82, 2.24) is 24.6 Å². The maximum Gasteiger partial charge on any atom is 0.488 e. The molecule has 2 N–H and O–H groups in total. The summed E-state index contributed by atoms with van der Waals surface area (Å²) in [6, 6.07) is 25.5. The van der Waals surface area contributed by atoms with Gasteiger partial charge >= 0.3 is 13.2 Å². The lowest BCUT2D eigenvalue weighted by Gasteiger charge is -2.50. The molecule has 2 aromatic heterocycles. The Balaban J connectivity index is 1.08. The molecule has 3 aromatic carbocycles. The van der Waals surface area contributed by atoms with Crippen LogP contribution in [0, 0.1) is 6.92 Å². The first-order valence-electron chi connectivity index (χ1n) is 21.4.